The van der Waals surface area contributed by atoms with Gasteiger partial charge in [-0.15, -0.1) is 0 Å². The number of benzene rings is 2. The lowest BCUT2D eigenvalue weighted by Gasteiger charge is -2.16. The molecule has 0 radical (unpaired) electrons. The number of carbonyl (C=O) groups excluding carboxylic acids is 1. The third-order valence-corrected chi connectivity index (χ3v) is 3.56. The molecule has 4 heteroatoms. The van der Waals surface area contributed by atoms with Gasteiger partial charge in [-0.25, -0.2) is 8.78 Å². The molecule has 3 rings (SSSR count). The Bertz CT molecular complexity index is 622. The molecule has 1 atom stereocenters. The summed E-state index contributed by atoms with van der Waals surface area (Å²) in [6.45, 7) is 0.561. The number of rotatable bonds is 2. The minimum atomic E-state index is -0.647. The van der Waals surface area contributed by atoms with E-state index in [1.54, 1.807) is 4.90 Å². The predicted octanol–water partition coefficient (Wildman–Crippen LogP) is 3.49. The molecular formula is C16H13F2NO. The van der Waals surface area contributed by atoms with Gasteiger partial charge in [0.15, 0.2) is 0 Å². The summed E-state index contributed by atoms with van der Waals surface area (Å²) in [5.41, 5.74) is 1.22. The number of nitrogens with zero attached hydrogens (tertiary/aromatic N) is 1. The van der Waals surface area contributed by atoms with E-state index in [9.17, 15) is 13.6 Å². The number of halogens is 2. The van der Waals surface area contributed by atoms with Crippen molar-refractivity contribution in [1.29, 1.82) is 0 Å². The maximum absolute atomic E-state index is 13.3. The Morgan fingerprint density at radius 2 is 1.65 bits per heavy atom. The molecule has 1 fully saturated rings. The van der Waals surface area contributed by atoms with Gasteiger partial charge in [-0.05, 0) is 36.2 Å². The Morgan fingerprint density at radius 3 is 2.30 bits per heavy atom. The van der Waals surface area contributed by atoms with Crippen LogP contribution in [0.1, 0.15) is 17.9 Å². The van der Waals surface area contributed by atoms with E-state index in [-0.39, 0.29) is 5.91 Å². The van der Waals surface area contributed by atoms with Crippen molar-refractivity contribution < 1.29 is 13.6 Å². The third kappa shape index (κ3) is 2.29. The smallest absolute Gasteiger partial charge is 0.234 e. The zero-order chi connectivity index (χ0) is 14.1. The summed E-state index contributed by atoms with van der Waals surface area (Å²) in [4.78, 5) is 14.1. The predicted molar refractivity (Wildman–Crippen MR) is 72.5 cm³/mol. The van der Waals surface area contributed by atoms with Crippen molar-refractivity contribution >= 4 is 11.6 Å². The monoisotopic (exact) mass is 273 g/mol. The largest absolute Gasteiger partial charge is 0.312 e. The maximum Gasteiger partial charge on any atom is 0.234 e. The Labute approximate surface area is 115 Å². The van der Waals surface area contributed by atoms with E-state index < -0.39 is 17.6 Å². The first-order chi connectivity index (χ1) is 9.65. The highest BCUT2D eigenvalue weighted by Crippen LogP contribution is 2.32. The van der Waals surface area contributed by atoms with Gasteiger partial charge in [0.1, 0.15) is 11.6 Å². The van der Waals surface area contributed by atoms with Gasteiger partial charge in [0.25, 0.3) is 0 Å². The average molecular weight is 273 g/mol. The van der Waals surface area contributed by atoms with Crippen LogP contribution < -0.4 is 4.90 Å². The molecule has 0 aliphatic carbocycles. The van der Waals surface area contributed by atoms with E-state index in [2.05, 4.69) is 0 Å². The lowest BCUT2D eigenvalue weighted by atomic mass is 9.97. The van der Waals surface area contributed by atoms with Gasteiger partial charge in [0, 0.05) is 18.3 Å². The fourth-order valence-electron chi connectivity index (χ4n) is 2.63. The van der Waals surface area contributed by atoms with Gasteiger partial charge in [-0.1, -0.05) is 18.2 Å². The van der Waals surface area contributed by atoms with Crippen molar-refractivity contribution in [3.05, 3.63) is 65.7 Å². The second-order valence-corrected chi connectivity index (χ2v) is 4.87. The van der Waals surface area contributed by atoms with Crippen molar-refractivity contribution in [2.24, 2.45) is 0 Å². The molecule has 20 heavy (non-hydrogen) atoms. The van der Waals surface area contributed by atoms with Gasteiger partial charge in [0.05, 0.1) is 5.92 Å². The molecule has 1 amide bonds. The lowest BCUT2D eigenvalue weighted by molar-refractivity contribution is -0.118. The summed E-state index contributed by atoms with van der Waals surface area (Å²) in [5, 5.41) is 0. The molecule has 0 spiro atoms. The van der Waals surface area contributed by atoms with Gasteiger partial charge >= 0.3 is 0 Å². The fourth-order valence-corrected chi connectivity index (χ4v) is 2.63. The quantitative estimate of drug-likeness (QED) is 0.820. The first kappa shape index (κ1) is 12.8. The zero-order valence-electron chi connectivity index (χ0n) is 10.7. The molecule has 1 heterocycles. The van der Waals surface area contributed by atoms with Crippen LogP contribution in [0.15, 0.2) is 48.5 Å². The summed E-state index contributed by atoms with van der Waals surface area (Å²) in [6.07, 6.45) is 0.566. The molecule has 2 nitrogen and oxygen atoms in total. The summed E-state index contributed by atoms with van der Waals surface area (Å²) in [6, 6.07) is 12.6. The van der Waals surface area contributed by atoms with Crippen LogP contribution >= 0.6 is 0 Å². The van der Waals surface area contributed by atoms with Crippen molar-refractivity contribution in [1.82, 2.24) is 0 Å². The molecule has 0 saturated carbocycles. The lowest BCUT2D eigenvalue weighted by Crippen LogP contribution is -2.26. The van der Waals surface area contributed by atoms with Crippen LogP contribution in [-0.2, 0) is 4.79 Å². The van der Waals surface area contributed by atoms with Gasteiger partial charge in [-0.3, -0.25) is 4.79 Å². The fraction of sp³-hybridized carbons (Fsp3) is 0.188. The Kier molecular flexibility index (Phi) is 3.22. The molecule has 1 aliphatic heterocycles. The molecule has 2 aromatic carbocycles. The van der Waals surface area contributed by atoms with Gasteiger partial charge < -0.3 is 4.90 Å². The second kappa shape index (κ2) is 5.04. The van der Waals surface area contributed by atoms with Gasteiger partial charge in [-0.2, -0.15) is 0 Å². The molecule has 0 aromatic heterocycles. The molecule has 1 aliphatic rings. The van der Waals surface area contributed by atoms with Crippen LogP contribution in [-0.4, -0.2) is 12.5 Å². The Morgan fingerprint density at radius 1 is 1.00 bits per heavy atom. The molecule has 1 saturated heterocycles. The Hall–Kier alpha value is -2.23. The van der Waals surface area contributed by atoms with E-state index in [1.165, 1.54) is 12.1 Å². The summed E-state index contributed by atoms with van der Waals surface area (Å²) in [5.74, 6) is -1.88. The van der Waals surface area contributed by atoms with E-state index in [4.69, 9.17) is 0 Å². The van der Waals surface area contributed by atoms with E-state index in [1.807, 2.05) is 30.3 Å². The SMILES string of the molecule is O=C1C(c2cc(F)cc(F)c2)CCN1c1ccccc1. The highest BCUT2D eigenvalue weighted by atomic mass is 19.1. The molecular weight excluding hydrogens is 260 g/mol. The van der Waals surface area contributed by atoms with Crippen molar-refractivity contribution in [3.63, 3.8) is 0 Å². The minimum absolute atomic E-state index is 0.110. The molecule has 0 N–H and O–H groups in total. The minimum Gasteiger partial charge on any atom is -0.312 e. The number of anilines is 1. The third-order valence-electron chi connectivity index (χ3n) is 3.56. The van der Waals surface area contributed by atoms with Crippen LogP contribution in [0.4, 0.5) is 14.5 Å². The molecule has 1 unspecified atom stereocenters. The van der Waals surface area contributed by atoms with E-state index in [0.29, 0.717) is 18.5 Å². The molecule has 0 bridgehead atoms. The Balaban J connectivity index is 1.89. The second-order valence-electron chi connectivity index (χ2n) is 4.87. The van der Waals surface area contributed by atoms with Crippen LogP contribution in [0.25, 0.3) is 0 Å². The molecule has 102 valence electrons. The standard InChI is InChI=1S/C16H13F2NO/c17-12-8-11(9-13(18)10-12)15-6-7-19(16(15)20)14-4-2-1-3-5-14/h1-5,8-10,15H,6-7H2. The first-order valence-electron chi connectivity index (χ1n) is 6.47. The number of hydrogen-bond acceptors (Lipinski definition) is 1. The summed E-state index contributed by atoms with van der Waals surface area (Å²) >= 11 is 0. The number of amides is 1. The van der Waals surface area contributed by atoms with Crippen molar-refractivity contribution in [2.75, 3.05) is 11.4 Å². The van der Waals surface area contributed by atoms with Crippen LogP contribution in [0.5, 0.6) is 0 Å². The normalized spacial score (nSPS) is 18.6. The van der Waals surface area contributed by atoms with E-state index >= 15 is 0 Å². The maximum atomic E-state index is 13.3. The summed E-state index contributed by atoms with van der Waals surface area (Å²) < 4.78 is 26.5. The number of para-hydroxylation sites is 1. The van der Waals surface area contributed by atoms with Gasteiger partial charge in [0.2, 0.25) is 5.91 Å². The van der Waals surface area contributed by atoms with Crippen LogP contribution in [0.2, 0.25) is 0 Å². The van der Waals surface area contributed by atoms with Crippen LogP contribution in [0.3, 0.4) is 0 Å². The highest BCUT2D eigenvalue weighted by molar-refractivity contribution is 6.00. The number of hydrogen-bond donors (Lipinski definition) is 0. The highest BCUT2D eigenvalue weighted by Gasteiger charge is 2.33. The zero-order valence-corrected chi connectivity index (χ0v) is 10.7. The summed E-state index contributed by atoms with van der Waals surface area (Å²) in [7, 11) is 0. The molecule has 2 aromatic rings. The van der Waals surface area contributed by atoms with Crippen LogP contribution in [0, 0.1) is 11.6 Å². The first-order valence-corrected chi connectivity index (χ1v) is 6.47. The van der Waals surface area contributed by atoms with Crippen molar-refractivity contribution in [3.8, 4) is 0 Å². The van der Waals surface area contributed by atoms with E-state index in [0.717, 1.165) is 11.8 Å². The topological polar surface area (TPSA) is 20.3 Å². The van der Waals surface area contributed by atoms with Crippen molar-refractivity contribution in [2.45, 2.75) is 12.3 Å². The number of carbonyl (C=O) groups is 1. The average Bonchev–Trinajstić information content (AvgIpc) is 2.80.